The van der Waals surface area contributed by atoms with Crippen LogP contribution in [0.3, 0.4) is 0 Å². The number of fused-ring (bicyclic) bond motifs is 1. The van der Waals surface area contributed by atoms with Crippen molar-refractivity contribution in [1.82, 2.24) is 9.97 Å². The van der Waals surface area contributed by atoms with Crippen LogP contribution in [-0.4, -0.2) is 19.4 Å². The second kappa shape index (κ2) is 8.03. The maximum Gasteiger partial charge on any atom is 0.182 e. The van der Waals surface area contributed by atoms with Crippen molar-refractivity contribution in [2.75, 3.05) is 15.5 Å². The maximum absolute atomic E-state index is 12.8. The van der Waals surface area contributed by atoms with Gasteiger partial charge in [-0.2, -0.15) is 0 Å². The monoisotopic (exact) mass is 391 g/mol. The first-order valence-electron chi connectivity index (χ1n) is 8.50. The van der Waals surface area contributed by atoms with Gasteiger partial charge in [0.25, 0.3) is 0 Å². The minimum atomic E-state index is -1.56. The lowest BCUT2D eigenvalue weighted by Crippen LogP contribution is -2.10. The Morgan fingerprint density at radius 3 is 1.96 bits per heavy atom. The Balaban J connectivity index is 1.69. The Hall–Kier alpha value is -3.49. The van der Waals surface area contributed by atoms with Crippen molar-refractivity contribution in [3.63, 3.8) is 0 Å². The van der Waals surface area contributed by atoms with Gasteiger partial charge in [-0.1, -0.05) is 30.3 Å². The van der Waals surface area contributed by atoms with E-state index < -0.39 is 11.0 Å². The molecule has 0 spiro atoms. The Labute approximate surface area is 164 Å². The third kappa shape index (κ3) is 3.93. The van der Waals surface area contributed by atoms with Gasteiger partial charge in [-0.15, -0.1) is 0 Å². The summed E-state index contributed by atoms with van der Waals surface area (Å²) in [5.41, 5.74) is 4.83. The lowest BCUT2D eigenvalue weighted by Gasteiger charge is -2.13. The first kappa shape index (κ1) is 17.9. The zero-order valence-corrected chi connectivity index (χ0v) is 15.5. The SMILES string of the molecule is O=S(Nc1nc2ccccc2nc1Nc1ccccc1)c1ccc(NO)cc1. The van der Waals surface area contributed by atoms with Gasteiger partial charge in [0, 0.05) is 5.69 Å². The topological polar surface area (TPSA) is 99.2 Å². The molecule has 0 saturated carbocycles. The van der Waals surface area contributed by atoms with Gasteiger partial charge >= 0.3 is 0 Å². The van der Waals surface area contributed by atoms with Crippen LogP contribution in [0.15, 0.2) is 83.8 Å². The molecule has 8 heteroatoms. The lowest BCUT2D eigenvalue weighted by molar-refractivity contribution is 0.389. The maximum atomic E-state index is 12.8. The van der Waals surface area contributed by atoms with Crippen molar-refractivity contribution >= 4 is 45.0 Å². The number of hydrogen-bond acceptors (Lipinski definition) is 6. The van der Waals surface area contributed by atoms with E-state index in [1.54, 1.807) is 24.3 Å². The van der Waals surface area contributed by atoms with Crippen molar-refractivity contribution in [2.45, 2.75) is 4.90 Å². The Morgan fingerprint density at radius 1 is 0.714 bits per heavy atom. The molecule has 3 aromatic carbocycles. The molecule has 4 aromatic rings. The summed E-state index contributed by atoms with van der Waals surface area (Å²) in [7, 11) is -1.56. The third-order valence-electron chi connectivity index (χ3n) is 3.99. The molecule has 0 radical (unpaired) electrons. The highest BCUT2D eigenvalue weighted by Gasteiger charge is 2.13. The second-order valence-corrected chi connectivity index (χ2v) is 7.12. The summed E-state index contributed by atoms with van der Waals surface area (Å²) in [6.45, 7) is 0. The van der Waals surface area contributed by atoms with Crippen LogP contribution in [0.1, 0.15) is 0 Å². The second-order valence-electron chi connectivity index (χ2n) is 5.91. The zero-order chi connectivity index (χ0) is 19.3. The molecule has 0 aliphatic carbocycles. The number of para-hydroxylation sites is 3. The van der Waals surface area contributed by atoms with Crippen molar-refractivity contribution in [3.8, 4) is 0 Å². The summed E-state index contributed by atoms with van der Waals surface area (Å²) in [6.07, 6.45) is 0. The first-order chi connectivity index (χ1) is 13.7. The molecule has 4 N–H and O–H groups in total. The standard InChI is InChI=1S/C20H17N5O2S/c26-24-15-10-12-16(13-11-15)28(27)25-20-19(21-14-6-2-1-3-7-14)22-17-8-4-5-9-18(17)23-20/h1-13,24,26H,(H,21,22)(H,23,25). The number of benzene rings is 3. The van der Waals surface area contributed by atoms with E-state index in [2.05, 4.69) is 20.0 Å². The summed E-state index contributed by atoms with van der Waals surface area (Å²) in [6, 6.07) is 23.7. The summed E-state index contributed by atoms with van der Waals surface area (Å²) in [5, 5.41) is 12.1. The number of aromatic nitrogens is 2. The van der Waals surface area contributed by atoms with Crippen LogP contribution in [0.5, 0.6) is 0 Å². The minimum absolute atomic E-state index is 0.380. The Morgan fingerprint density at radius 2 is 1.32 bits per heavy atom. The molecule has 0 aliphatic heterocycles. The summed E-state index contributed by atoms with van der Waals surface area (Å²) in [4.78, 5) is 9.76. The fourth-order valence-electron chi connectivity index (χ4n) is 2.62. The highest BCUT2D eigenvalue weighted by molar-refractivity contribution is 7.86. The summed E-state index contributed by atoms with van der Waals surface area (Å²) < 4.78 is 15.7. The molecule has 0 amide bonds. The zero-order valence-electron chi connectivity index (χ0n) is 14.7. The molecule has 0 aliphatic rings. The van der Waals surface area contributed by atoms with E-state index in [1.165, 1.54) is 0 Å². The van der Waals surface area contributed by atoms with Gasteiger partial charge < -0.3 is 5.32 Å². The molecule has 1 unspecified atom stereocenters. The molecule has 140 valence electrons. The Bertz CT molecular complexity index is 1120. The van der Waals surface area contributed by atoms with Gasteiger partial charge in [0.2, 0.25) is 0 Å². The van der Waals surface area contributed by atoms with E-state index in [-0.39, 0.29) is 0 Å². The van der Waals surface area contributed by atoms with E-state index in [0.29, 0.717) is 27.7 Å². The highest BCUT2D eigenvalue weighted by Crippen LogP contribution is 2.26. The molecule has 0 bridgehead atoms. The predicted octanol–water partition coefficient (Wildman–Crippen LogP) is 4.31. The van der Waals surface area contributed by atoms with Crippen LogP contribution < -0.4 is 15.5 Å². The number of nitrogens with zero attached hydrogens (tertiary/aromatic N) is 2. The van der Waals surface area contributed by atoms with Gasteiger partial charge in [-0.05, 0) is 48.5 Å². The molecule has 28 heavy (non-hydrogen) atoms. The molecule has 0 saturated heterocycles. The average Bonchev–Trinajstić information content (AvgIpc) is 2.75. The lowest BCUT2D eigenvalue weighted by atomic mass is 10.3. The fourth-order valence-corrected chi connectivity index (χ4v) is 3.44. The van der Waals surface area contributed by atoms with Crippen molar-refractivity contribution < 1.29 is 9.42 Å². The number of nitrogens with one attached hydrogen (secondary N) is 3. The van der Waals surface area contributed by atoms with Crippen LogP contribution in [0.4, 0.5) is 23.0 Å². The molecular weight excluding hydrogens is 374 g/mol. The summed E-state index contributed by atoms with van der Waals surface area (Å²) >= 11 is 0. The minimum Gasteiger partial charge on any atom is -0.337 e. The molecule has 4 rings (SSSR count). The van der Waals surface area contributed by atoms with E-state index >= 15 is 0 Å². The van der Waals surface area contributed by atoms with Crippen LogP contribution in [-0.2, 0) is 11.0 Å². The van der Waals surface area contributed by atoms with E-state index in [1.807, 2.05) is 60.1 Å². The van der Waals surface area contributed by atoms with E-state index in [0.717, 1.165) is 11.2 Å². The molecule has 1 atom stereocenters. The predicted molar refractivity (Wildman–Crippen MR) is 111 cm³/mol. The molecule has 1 heterocycles. The number of hydrogen-bond donors (Lipinski definition) is 4. The van der Waals surface area contributed by atoms with Crippen LogP contribution >= 0.6 is 0 Å². The van der Waals surface area contributed by atoms with Crippen LogP contribution in [0.25, 0.3) is 11.0 Å². The average molecular weight is 391 g/mol. The van der Waals surface area contributed by atoms with E-state index in [4.69, 9.17) is 5.21 Å². The Kier molecular flexibility index (Phi) is 5.14. The van der Waals surface area contributed by atoms with Gasteiger partial charge in [0.05, 0.1) is 21.6 Å². The van der Waals surface area contributed by atoms with Crippen LogP contribution in [0, 0.1) is 0 Å². The molecule has 7 nitrogen and oxygen atoms in total. The summed E-state index contributed by atoms with van der Waals surface area (Å²) in [5.74, 6) is 0.858. The fraction of sp³-hybridized carbons (Fsp3) is 0. The van der Waals surface area contributed by atoms with Gasteiger partial charge in [0.15, 0.2) is 22.6 Å². The molecule has 0 fully saturated rings. The van der Waals surface area contributed by atoms with Gasteiger partial charge in [-0.25, -0.2) is 14.2 Å². The largest absolute Gasteiger partial charge is 0.337 e. The van der Waals surface area contributed by atoms with Crippen molar-refractivity contribution in [1.29, 1.82) is 0 Å². The first-order valence-corrected chi connectivity index (χ1v) is 9.65. The quantitative estimate of drug-likeness (QED) is 0.366. The number of rotatable bonds is 6. The smallest absolute Gasteiger partial charge is 0.182 e. The molecule has 1 aromatic heterocycles. The van der Waals surface area contributed by atoms with E-state index in [9.17, 15) is 4.21 Å². The van der Waals surface area contributed by atoms with Gasteiger partial charge in [0.1, 0.15) is 0 Å². The number of anilines is 4. The van der Waals surface area contributed by atoms with Gasteiger partial charge in [-0.3, -0.25) is 15.4 Å². The third-order valence-corrected chi connectivity index (χ3v) is 5.07. The normalized spacial score (nSPS) is 11.8. The van der Waals surface area contributed by atoms with Crippen molar-refractivity contribution in [2.24, 2.45) is 0 Å². The highest BCUT2D eigenvalue weighted by atomic mass is 32.2. The molecular formula is C20H17N5O2S. The van der Waals surface area contributed by atoms with Crippen LogP contribution in [0.2, 0.25) is 0 Å². The van der Waals surface area contributed by atoms with Crippen molar-refractivity contribution in [3.05, 3.63) is 78.9 Å².